The zero-order valence-electron chi connectivity index (χ0n) is 11.0. The van der Waals surface area contributed by atoms with Crippen molar-refractivity contribution >= 4 is 23.2 Å². The van der Waals surface area contributed by atoms with Crippen molar-refractivity contribution in [3.63, 3.8) is 0 Å². The van der Waals surface area contributed by atoms with Crippen LogP contribution in [0.3, 0.4) is 0 Å². The van der Waals surface area contributed by atoms with E-state index in [1.165, 1.54) is 6.42 Å². The van der Waals surface area contributed by atoms with Crippen molar-refractivity contribution < 1.29 is 4.79 Å². The van der Waals surface area contributed by atoms with Crippen molar-refractivity contribution in [2.75, 3.05) is 5.32 Å². The molecule has 4 unspecified atom stereocenters. The van der Waals surface area contributed by atoms with E-state index in [0.717, 1.165) is 24.1 Å². The molecule has 1 aromatic carbocycles. The number of halogens is 1. The van der Waals surface area contributed by atoms with Gasteiger partial charge in [0, 0.05) is 16.8 Å². The molecule has 3 rings (SSSR count). The van der Waals surface area contributed by atoms with Crippen LogP contribution in [0.4, 0.5) is 5.69 Å². The number of aryl methyl sites for hydroxylation is 1. The molecule has 0 aliphatic heterocycles. The summed E-state index contributed by atoms with van der Waals surface area (Å²) in [5.74, 6) is 1.04. The third-order valence-corrected chi connectivity index (χ3v) is 4.98. The zero-order valence-corrected chi connectivity index (χ0v) is 11.8. The van der Waals surface area contributed by atoms with Gasteiger partial charge < -0.3 is 11.1 Å². The van der Waals surface area contributed by atoms with Crippen LogP contribution in [-0.4, -0.2) is 11.9 Å². The Balaban J connectivity index is 1.77. The first-order valence-corrected chi connectivity index (χ1v) is 7.26. The number of carbonyl (C=O) groups is 1. The SMILES string of the molecule is Cc1ccc(Cl)cc1NC(=O)C1C2CCC(C2)C1N. The molecule has 4 heteroatoms. The van der Waals surface area contributed by atoms with Crippen molar-refractivity contribution in [2.24, 2.45) is 23.5 Å². The Kier molecular flexibility index (Phi) is 3.27. The molecule has 0 aromatic heterocycles. The molecule has 2 saturated carbocycles. The van der Waals surface area contributed by atoms with Crippen LogP contribution in [0, 0.1) is 24.7 Å². The second-order valence-electron chi connectivity index (χ2n) is 5.88. The van der Waals surface area contributed by atoms with E-state index in [0.29, 0.717) is 16.9 Å². The lowest BCUT2D eigenvalue weighted by atomic mass is 9.84. The summed E-state index contributed by atoms with van der Waals surface area (Å²) in [5.41, 5.74) is 8.02. The summed E-state index contributed by atoms with van der Waals surface area (Å²) in [6.07, 6.45) is 3.45. The lowest BCUT2D eigenvalue weighted by Gasteiger charge is -2.27. The Labute approximate surface area is 118 Å². The minimum atomic E-state index is -0.0304. The minimum Gasteiger partial charge on any atom is -0.327 e. The monoisotopic (exact) mass is 278 g/mol. The average Bonchev–Trinajstić information content (AvgIpc) is 2.94. The fraction of sp³-hybridized carbons (Fsp3) is 0.533. The first kappa shape index (κ1) is 12.9. The Morgan fingerprint density at radius 2 is 2.11 bits per heavy atom. The van der Waals surface area contributed by atoms with Gasteiger partial charge in [-0.2, -0.15) is 0 Å². The number of fused-ring (bicyclic) bond motifs is 2. The van der Waals surface area contributed by atoms with Gasteiger partial charge in [0.05, 0.1) is 5.92 Å². The van der Waals surface area contributed by atoms with Gasteiger partial charge in [-0.15, -0.1) is 0 Å². The van der Waals surface area contributed by atoms with Crippen molar-refractivity contribution in [3.8, 4) is 0 Å². The standard InChI is InChI=1S/C15H19ClN2O/c1-8-2-5-11(16)7-12(8)18-15(19)13-9-3-4-10(6-9)14(13)17/h2,5,7,9-10,13-14H,3-4,6,17H2,1H3,(H,18,19). The van der Waals surface area contributed by atoms with Crippen LogP contribution >= 0.6 is 11.6 Å². The van der Waals surface area contributed by atoms with E-state index in [4.69, 9.17) is 17.3 Å². The summed E-state index contributed by atoms with van der Waals surface area (Å²) < 4.78 is 0. The highest BCUT2D eigenvalue weighted by Gasteiger charge is 2.49. The van der Waals surface area contributed by atoms with Crippen molar-refractivity contribution in [1.82, 2.24) is 0 Å². The number of rotatable bonds is 2. The second-order valence-corrected chi connectivity index (χ2v) is 6.32. The molecule has 2 aliphatic carbocycles. The summed E-state index contributed by atoms with van der Waals surface area (Å²) >= 11 is 5.98. The molecule has 3 nitrogen and oxygen atoms in total. The zero-order chi connectivity index (χ0) is 13.6. The van der Waals surface area contributed by atoms with Gasteiger partial charge in [-0.1, -0.05) is 17.7 Å². The highest BCUT2D eigenvalue weighted by molar-refractivity contribution is 6.31. The van der Waals surface area contributed by atoms with Gasteiger partial charge >= 0.3 is 0 Å². The number of nitrogens with one attached hydrogen (secondary N) is 1. The fourth-order valence-corrected chi connectivity index (χ4v) is 3.84. The molecule has 3 N–H and O–H groups in total. The Hall–Kier alpha value is -1.06. The summed E-state index contributed by atoms with van der Waals surface area (Å²) in [4.78, 5) is 12.4. The molecule has 0 spiro atoms. The number of hydrogen-bond acceptors (Lipinski definition) is 2. The van der Waals surface area contributed by atoms with E-state index in [9.17, 15) is 4.79 Å². The summed E-state index contributed by atoms with van der Waals surface area (Å²) in [6.45, 7) is 1.96. The van der Waals surface area contributed by atoms with Crippen LogP contribution in [0.5, 0.6) is 0 Å². The summed E-state index contributed by atoms with van der Waals surface area (Å²) in [5, 5.41) is 3.64. The number of benzene rings is 1. The molecular weight excluding hydrogens is 260 g/mol. The molecule has 1 aromatic rings. The topological polar surface area (TPSA) is 55.1 Å². The molecular formula is C15H19ClN2O. The van der Waals surface area contributed by atoms with Crippen LogP contribution in [0.15, 0.2) is 18.2 Å². The third kappa shape index (κ3) is 2.26. The lowest BCUT2D eigenvalue weighted by molar-refractivity contribution is -0.121. The maximum absolute atomic E-state index is 12.4. The largest absolute Gasteiger partial charge is 0.327 e. The van der Waals surface area contributed by atoms with Crippen LogP contribution in [0.1, 0.15) is 24.8 Å². The average molecular weight is 279 g/mol. The highest BCUT2D eigenvalue weighted by Crippen LogP contribution is 2.48. The molecule has 1 amide bonds. The van der Waals surface area contributed by atoms with E-state index < -0.39 is 0 Å². The van der Waals surface area contributed by atoms with E-state index in [1.807, 2.05) is 19.1 Å². The number of hydrogen-bond donors (Lipinski definition) is 2. The van der Waals surface area contributed by atoms with Gasteiger partial charge in [-0.3, -0.25) is 4.79 Å². The molecule has 2 fully saturated rings. The quantitative estimate of drug-likeness (QED) is 0.874. The first-order valence-electron chi connectivity index (χ1n) is 6.89. The van der Waals surface area contributed by atoms with E-state index in [-0.39, 0.29) is 17.9 Å². The van der Waals surface area contributed by atoms with Gasteiger partial charge in [-0.05, 0) is 55.7 Å². The van der Waals surface area contributed by atoms with Crippen LogP contribution < -0.4 is 11.1 Å². The maximum Gasteiger partial charge on any atom is 0.229 e. The maximum atomic E-state index is 12.4. The van der Waals surface area contributed by atoms with Gasteiger partial charge in [0.2, 0.25) is 5.91 Å². The van der Waals surface area contributed by atoms with E-state index in [1.54, 1.807) is 6.07 Å². The van der Waals surface area contributed by atoms with Crippen LogP contribution in [0.2, 0.25) is 5.02 Å². The van der Waals surface area contributed by atoms with Crippen molar-refractivity contribution in [1.29, 1.82) is 0 Å². The molecule has 0 saturated heterocycles. The number of nitrogens with two attached hydrogens (primary N) is 1. The molecule has 2 aliphatic rings. The first-order chi connectivity index (χ1) is 9.06. The third-order valence-electron chi connectivity index (χ3n) is 4.74. The van der Waals surface area contributed by atoms with E-state index >= 15 is 0 Å². The second kappa shape index (κ2) is 4.80. The van der Waals surface area contributed by atoms with Crippen LogP contribution in [0.25, 0.3) is 0 Å². The number of carbonyl (C=O) groups excluding carboxylic acids is 1. The Bertz CT molecular complexity index is 515. The smallest absolute Gasteiger partial charge is 0.229 e. The Morgan fingerprint density at radius 3 is 2.79 bits per heavy atom. The van der Waals surface area contributed by atoms with Gasteiger partial charge in [-0.25, -0.2) is 0 Å². The lowest BCUT2D eigenvalue weighted by Crippen LogP contribution is -2.42. The summed E-state index contributed by atoms with van der Waals surface area (Å²) in [6, 6.07) is 5.57. The van der Waals surface area contributed by atoms with Crippen molar-refractivity contribution in [2.45, 2.75) is 32.2 Å². The predicted octanol–water partition coefficient (Wildman–Crippen LogP) is 2.96. The predicted molar refractivity (Wildman–Crippen MR) is 77.1 cm³/mol. The van der Waals surface area contributed by atoms with Gasteiger partial charge in [0.25, 0.3) is 0 Å². The minimum absolute atomic E-state index is 0.0261. The molecule has 102 valence electrons. The molecule has 2 bridgehead atoms. The van der Waals surface area contributed by atoms with Gasteiger partial charge in [0.1, 0.15) is 0 Å². The van der Waals surface area contributed by atoms with Crippen molar-refractivity contribution in [3.05, 3.63) is 28.8 Å². The van der Waals surface area contributed by atoms with Gasteiger partial charge in [0.15, 0.2) is 0 Å². The molecule has 0 heterocycles. The normalized spacial score (nSPS) is 32.6. The number of amides is 1. The molecule has 4 atom stereocenters. The fourth-order valence-electron chi connectivity index (χ4n) is 3.67. The molecule has 19 heavy (non-hydrogen) atoms. The summed E-state index contributed by atoms with van der Waals surface area (Å²) in [7, 11) is 0. The van der Waals surface area contributed by atoms with Crippen LogP contribution in [-0.2, 0) is 4.79 Å². The Morgan fingerprint density at radius 1 is 1.37 bits per heavy atom. The number of anilines is 1. The van der Waals surface area contributed by atoms with E-state index in [2.05, 4.69) is 5.32 Å². The molecule has 0 radical (unpaired) electrons. The highest BCUT2D eigenvalue weighted by atomic mass is 35.5.